The molecule has 9 N–H and O–H groups in total. The summed E-state index contributed by atoms with van der Waals surface area (Å²) in [6, 6.07) is 0. The van der Waals surface area contributed by atoms with Gasteiger partial charge in [-0.1, -0.05) is 12.2 Å². The molecule has 0 aliphatic carbocycles. The average Bonchev–Trinajstić information content (AvgIpc) is 2.91. The number of nitrogens with zero attached hydrogens (tertiary/aromatic N) is 1. The van der Waals surface area contributed by atoms with Gasteiger partial charge >= 0.3 is 29.2 Å². The SMILES string of the molecule is NC/C=C/c1cn([C@@H]2O[C@H](COP(=O)(O)OP(=O)(O)OP(=O)(O)O)C(O)C2O)c(=O)[nH]c1=O. The Morgan fingerprint density at radius 1 is 1.09 bits per heavy atom. The van der Waals surface area contributed by atoms with Crippen LogP contribution >= 0.6 is 23.5 Å². The molecule has 6 atom stereocenters. The second kappa shape index (κ2) is 10.5. The fourth-order valence-electron chi connectivity index (χ4n) is 2.57. The number of phosphoric ester groups is 1. The number of H-pyrrole nitrogens is 1. The Morgan fingerprint density at radius 2 is 1.73 bits per heavy atom. The molecule has 1 fully saturated rings. The zero-order valence-corrected chi connectivity index (χ0v) is 18.9. The van der Waals surface area contributed by atoms with E-state index in [4.69, 9.17) is 25.2 Å². The molecule has 0 radical (unpaired) electrons. The van der Waals surface area contributed by atoms with E-state index in [0.717, 1.165) is 10.8 Å². The summed E-state index contributed by atoms with van der Waals surface area (Å²) in [5, 5.41) is 20.3. The van der Waals surface area contributed by atoms with Crippen molar-refractivity contribution in [3.63, 3.8) is 0 Å². The number of nitrogens with one attached hydrogen (secondary N) is 1. The van der Waals surface area contributed by atoms with E-state index in [2.05, 4.69) is 13.1 Å². The van der Waals surface area contributed by atoms with Crippen LogP contribution in [0.25, 0.3) is 6.08 Å². The first-order valence-corrected chi connectivity index (χ1v) is 13.1. The van der Waals surface area contributed by atoms with Crippen LogP contribution in [0.1, 0.15) is 11.8 Å². The maximum absolute atomic E-state index is 12.1. The molecule has 188 valence electrons. The number of hydrogen-bond donors (Lipinski definition) is 8. The molecule has 0 spiro atoms. The zero-order valence-electron chi connectivity index (χ0n) is 16.2. The van der Waals surface area contributed by atoms with Gasteiger partial charge in [-0.3, -0.25) is 18.9 Å². The van der Waals surface area contributed by atoms with Crippen molar-refractivity contribution in [2.24, 2.45) is 5.73 Å². The lowest BCUT2D eigenvalue weighted by Gasteiger charge is -2.19. The average molecular weight is 539 g/mol. The molecule has 4 unspecified atom stereocenters. The Morgan fingerprint density at radius 3 is 2.30 bits per heavy atom. The number of rotatable bonds is 10. The highest BCUT2D eigenvalue weighted by Gasteiger charge is 2.46. The predicted molar refractivity (Wildman–Crippen MR) is 105 cm³/mol. The second-order valence-electron chi connectivity index (χ2n) is 6.32. The Balaban J connectivity index is 2.15. The van der Waals surface area contributed by atoms with Crippen molar-refractivity contribution >= 4 is 29.5 Å². The quantitative estimate of drug-likeness (QED) is 0.142. The van der Waals surface area contributed by atoms with Crippen molar-refractivity contribution in [3.8, 4) is 0 Å². The van der Waals surface area contributed by atoms with E-state index in [1.54, 1.807) is 0 Å². The van der Waals surface area contributed by atoms with Crippen molar-refractivity contribution in [1.82, 2.24) is 9.55 Å². The molecule has 2 heterocycles. The van der Waals surface area contributed by atoms with Crippen molar-refractivity contribution in [2.75, 3.05) is 13.2 Å². The number of nitrogens with two attached hydrogens (primary N) is 1. The van der Waals surface area contributed by atoms with Crippen LogP contribution in [0.5, 0.6) is 0 Å². The van der Waals surface area contributed by atoms with Crippen LogP contribution in [0.15, 0.2) is 21.9 Å². The first kappa shape index (κ1) is 27.9. The number of aromatic amines is 1. The first-order valence-electron chi connectivity index (χ1n) is 8.57. The molecule has 0 aromatic carbocycles. The molecule has 0 bridgehead atoms. The minimum absolute atomic E-state index is 0.0537. The number of ether oxygens (including phenoxy) is 1. The van der Waals surface area contributed by atoms with Gasteiger partial charge in [0.15, 0.2) is 6.23 Å². The molecule has 1 aliphatic rings. The van der Waals surface area contributed by atoms with Crippen molar-refractivity contribution in [3.05, 3.63) is 38.7 Å². The standard InChI is InChI=1S/C12H20N3O15P3/c13-3-1-2-6-4-15(12(19)14-10(6)18)11-9(17)8(16)7(28-11)5-27-32(23,24)30-33(25,26)29-31(20,21)22/h1-2,4,7-9,11,16-17H,3,5,13H2,(H,23,24)(H,25,26)(H,14,18,19)(H2,20,21,22)/b2-1+/t7-,8?,9?,11-/m1/s1. The number of hydrogen-bond acceptors (Lipinski definition) is 12. The van der Waals surface area contributed by atoms with Crippen LogP contribution in [0.3, 0.4) is 0 Å². The normalized spacial score (nSPS) is 27.5. The van der Waals surface area contributed by atoms with Crippen molar-refractivity contribution < 1.29 is 61.4 Å². The molecule has 1 aromatic rings. The van der Waals surface area contributed by atoms with E-state index in [0.29, 0.717) is 0 Å². The van der Waals surface area contributed by atoms with Crippen molar-refractivity contribution in [2.45, 2.75) is 24.5 Å². The summed E-state index contributed by atoms with van der Waals surface area (Å²) in [4.78, 5) is 61.4. The van der Waals surface area contributed by atoms with Gasteiger partial charge in [-0.05, 0) is 0 Å². The lowest BCUT2D eigenvalue weighted by molar-refractivity contribution is -0.0542. The van der Waals surface area contributed by atoms with Crippen LogP contribution in [0, 0.1) is 0 Å². The van der Waals surface area contributed by atoms with E-state index in [-0.39, 0.29) is 12.1 Å². The highest BCUT2D eigenvalue weighted by atomic mass is 31.3. The summed E-state index contributed by atoms with van der Waals surface area (Å²) in [6.45, 7) is -1.00. The highest BCUT2D eigenvalue weighted by Crippen LogP contribution is 2.66. The molecule has 0 saturated carbocycles. The third kappa shape index (κ3) is 7.85. The predicted octanol–water partition coefficient (Wildman–Crippen LogP) is -2.53. The molecule has 1 aromatic heterocycles. The summed E-state index contributed by atoms with van der Waals surface area (Å²) in [5.74, 6) is 0. The van der Waals surface area contributed by atoms with E-state index in [1.165, 1.54) is 12.2 Å². The number of aliphatic hydroxyl groups excluding tert-OH is 2. The Labute approximate surface area is 183 Å². The van der Waals surface area contributed by atoms with Crippen LogP contribution in [0.4, 0.5) is 0 Å². The number of aliphatic hydroxyl groups is 2. The van der Waals surface area contributed by atoms with E-state index < -0.39 is 65.9 Å². The smallest absolute Gasteiger partial charge is 0.387 e. The lowest BCUT2D eigenvalue weighted by atomic mass is 10.1. The van der Waals surface area contributed by atoms with Gasteiger partial charge in [0.2, 0.25) is 0 Å². The minimum atomic E-state index is -5.76. The minimum Gasteiger partial charge on any atom is -0.387 e. The Hall–Kier alpha value is -1.33. The van der Waals surface area contributed by atoms with Gasteiger partial charge in [-0.25, -0.2) is 18.5 Å². The molecule has 0 amide bonds. The summed E-state index contributed by atoms with van der Waals surface area (Å²) >= 11 is 0. The molecular formula is C12H20N3O15P3. The van der Waals surface area contributed by atoms with Gasteiger partial charge in [-0.2, -0.15) is 8.62 Å². The van der Waals surface area contributed by atoms with Gasteiger partial charge < -0.3 is 40.3 Å². The zero-order chi connectivity index (χ0) is 25.2. The van der Waals surface area contributed by atoms with Crippen LogP contribution in [0.2, 0.25) is 0 Å². The summed E-state index contributed by atoms with van der Waals surface area (Å²) in [7, 11) is -16.9. The molecule has 33 heavy (non-hydrogen) atoms. The first-order chi connectivity index (χ1) is 15.1. The van der Waals surface area contributed by atoms with Crippen molar-refractivity contribution in [1.29, 1.82) is 0 Å². The Kier molecular flexibility index (Phi) is 8.89. The van der Waals surface area contributed by atoms with E-state index >= 15 is 0 Å². The summed E-state index contributed by atoms with van der Waals surface area (Å²) in [6.07, 6.45) is -3.19. The van der Waals surface area contributed by atoms with Crippen LogP contribution in [-0.2, 0) is 31.6 Å². The molecule has 21 heteroatoms. The Bertz CT molecular complexity index is 1140. The third-order valence-corrected chi connectivity index (χ3v) is 7.66. The van der Waals surface area contributed by atoms with Crippen LogP contribution < -0.4 is 17.0 Å². The maximum atomic E-state index is 12.1. The van der Waals surface area contributed by atoms with Crippen LogP contribution in [-0.4, -0.2) is 70.8 Å². The number of phosphoric acid groups is 3. The summed E-state index contributed by atoms with van der Waals surface area (Å²) < 4.78 is 51.1. The molecular weight excluding hydrogens is 519 g/mol. The van der Waals surface area contributed by atoms with Gasteiger partial charge in [0.1, 0.15) is 18.3 Å². The van der Waals surface area contributed by atoms with Gasteiger partial charge in [0.25, 0.3) is 5.56 Å². The molecule has 1 saturated heterocycles. The monoisotopic (exact) mass is 539 g/mol. The van der Waals surface area contributed by atoms with E-state index in [9.17, 15) is 38.4 Å². The van der Waals surface area contributed by atoms with Gasteiger partial charge in [-0.15, -0.1) is 0 Å². The fraction of sp³-hybridized carbons (Fsp3) is 0.500. The third-order valence-electron chi connectivity index (χ3n) is 3.86. The lowest BCUT2D eigenvalue weighted by Crippen LogP contribution is -2.38. The highest BCUT2D eigenvalue weighted by molar-refractivity contribution is 7.66. The van der Waals surface area contributed by atoms with Gasteiger partial charge in [0, 0.05) is 12.7 Å². The fourth-order valence-corrected chi connectivity index (χ4v) is 5.60. The summed E-state index contributed by atoms with van der Waals surface area (Å²) in [5.41, 5.74) is 3.43. The molecule has 2 rings (SSSR count). The topological polar surface area (TPSA) is 290 Å². The molecule has 18 nitrogen and oxygen atoms in total. The largest absolute Gasteiger partial charge is 0.490 e. The second-order valence-corrected chi connectivity index (χ2v) is 10.7. The maximum Gasteiger partial charge on any atom is 0.490 e. The van der Waals surface area contributed by atoms with E-state index in [1.807, 2.05) is 4.98 Å². The number of aromatic nitrogens is 2. The molecule has 1 aliphatic heterocycles. The van der Waals surface area contributed by atoms with Gasteiger partial charge in [0.05, 0.1) is 12.2 Å².